The number of carbonyl (C=O) groups excluding carboxylic acids is 3. The lowest BCUT2D eigenvalue weighted by molar-refractivity contribution is -0.360. The van der Waals surface area contributed by atoms with Crippen LogP contribution in [0.2, 0.25) is 0 Å². The second-order valence-electron chi connectivity index (χ2n) is 28.1. The van der Waals surface area contributed by atoms with Gasteiger partial charge < -0.3 is 89.1 Å². The highest BCUT2D eigenvalue weighted by Crippen LogP contribution is 2.49. The van der Waals surface area contributed by atoms with Crippen LogP contribution in [0.15, 0.2) is 24.3 Å². The monoisotopic (exact) mass is 1450 g/mol. The molecule has 3 aliphatic rings. The van der Waals surface area contributed by atoms with E-state index in [-0.39, 0.29) is 19.3 Å². The van der Waals surface area contributed by atoms with Crippen molar-refractivity contribution in [3.63, 3.8) is 0 Å². The summed E-state index contributed by atoms with van der Waals surface area (Å²) in [6.07, 6.45) is 18.0. The number of unbranched alkanes of at least 4 members (excludes halogenated alkanes) is 36. The maximum absolute atomic E-state index is 14.4. The van der Waals surface area contributed by atoms with E-state index in [1.54, 1.807) is 0 Å². The van der Waals surface area contributed by atoms with Crippen molar-refractivity contribution < 1.29 is 117 Å². The summed E-state index contributed by atoms with van der Waals surface area (Å²) in [6.45, 7) is 3.44. The van der Waals surface area contributed by atoms with Gasteiger partial charge in [0.25, 0.3) is 0 Å². The first-order chi connectivity index (χ1) is 48.3. The second kappa shape index (κ2) is 56.7. The summed E-state index contributed by atoms with van der Waals surface area (Å²) in [4.78, 5) is 51.1. The maximum Gasteiger partial charge on any atom is 0.472 e. The molecule has 24 nitrogen and oxygen atoms in total. The molecule has 2 heterocycles. The Kier molecular flexibility index (Phi) is 52.0. The molecule has 11 N–H and O–H groups in total. The molecule has 0 amide bonds. The van der Waals surface area contributed by atoms with Crippen LogP contribution < -0.4 is 0 Å². The average molecular weight is 1450 g/mol. The number of allylic oxidation sites excluding steroid dienone is 4. The Morgan fingerprint density at radius 2 is 0.700 bits per heavy atom. The molecule has 25 heteroatoms. The Hall–Kier alpha value is -2.56. The SMILES string of the molecule is CCCCCC/C=C\CCCCCCCCCC(=O)OCC(COP(=O)(O)OC1C(OC2OC(CO)C(O)C(O)C2O)C(O)C(O)C(O)C1OC1OC(COC(=O)CCCCC/C=C\CCCCCCCCC)C(O)C(O)C1O)OC(=O)CCCCCCCCCCCCCCCCCC. The van der Waals surface area contributed by atoms with E-state index in [9.17, 15) is 74.9 Å². The molecule has 0 bridgehead atoms. The Bertz CT molecular complexity index is 2160. The number of carbonyl (C=O) groups is 3. The Morgan fingerprint density at radius 3 is 1.10 bits per heavy atom. The Labute approximate surface area is 598 Å². The molecule has 18 unspecified atom stereocenters. The van der Waals surface area contributed by atoms with Crippen molar-refractivity contribution in [2.24, 2.45) is 0 Å². The summed E-state index contributed by atoms with van der Waals surface area (Å²) in [7, 11) is -5.70. The highest BCUT2D eigenvalue weighted by Gasteiger charge is 2.58. The van der Waals surface area contributed by atoms with Crippen LogP contribution in [0, 0.1) is 0 Å². The van der Waals surface area contributed by atoms with Crippen molar-refractivity contribution in [3.8, 4) is 0 Å². The van der Waals surface area contributed by atoms with Crippen molar-refractivity contribution in [2.45, 2.75) is 407 Å². The highest BCUT2D eigenvalue weighted by atomic mass is 31.2. The van der Waals surface area contributed by atoms with Crippen molar-refractivity contribution in [2.75, 3.05) is 26.4 Å². The zero-order valence-corrected chi connectivity index (χ0v) is 62.1. The van der Waals surface area contributed by atoms with Crippen LogP contribution in [-0.2, 0) is 61.2 Å². The zero-order valence-electron chi connectivity index (χ0n) is 61.2. The quantitative estimate of drug-likeness (QED) is 0.00886. The van der Waals surface area contributed by atoms with Gasteiger partial charge in [-0.15, -0.1) is 0 Å². The van der Waals surface area contributed by atoms with Crippen LogP contribution in [0.1, 0.15) is 303 Å². The molecule has 0 aromatic carbocycles. The van der Waals surface area contributed by atoms with Gasteiger partial charge in [0.2, 0.25) is 0 Å². The zero-order chi connectivity index (χ0) is 73.2. The summed E-state index contributed by atoms with van der Waals surface area (Å²) in [5.74, 6) is -2.00. The number of phosphoric acid groups is 1. The number of esters is 3. The Morgan fingerprint density at radius 1 is 0.380 bits per heavy atom. The molecule has 3 rings (SSSR count). The van der Waals surface area contributed by atoms with Crippen molar-refractivity contribution >= 4 is 25.7 Å². The van der Waals surface area contributed by atoms with E-state index in [1.165, 1.54) is 128 Å². The molecular formula is C75H137O24P. The van der Waals surface area contributed by atoms with E-state index in [0.717, 1.165) is 116 Å². The lowest BCUT2D eigenvalue weighted by Gasteiger charge is -2.49. The van der Waals surface area contributed by atoms with Crippen LogP contribution in [-0.4, -0.2) is 204 Å². The number of hydrogen-bond acceptors (Lipinski definition) is 23. The molecule has 3 fully saturated rings. The number of phosphoric ester groups is 1. The van der Waals surface area contributed by atoms with Crippen LogP contribution in [0.3, 0.4) is 0 Å². The molecule has 586 valence electrons. The molecule has 1 aliphatic carbocycles. The van der Waals surface area contributed by atoms with Gasteiger partial charge in [-0.1, -0.05) is 238 Å². The van der Waals surface area contributed by atoms with E-state index in [1.807, 2.05) is 0 Å². The van der Waals surface area contributed by atoms with E-state index in [2.05, 4.69) is 45.1 Å². The largest absolute Gasteiger partial charge is 0.472 e. The number of aliphatic hydroxyl groups excluding tert-OH is 10. The average Bonchev–Trinajstić information content (AvgIpc) is 0.762. The minimum atomic E-state index is -5.70. The lowest BCUT2D eigenvalue weighted by Crippen LogP contribution is -2.69. The lowest BCUT2D eigenvalue weighted by atomic mass is 9.84. The van der Waals surface area contributed by atoms with Gasteiger partial charge in [0, 0.05) is 19.3 Å². The summed E-state index contributed by atoms with van der Waals surface area (Å²) < 4.78 is 65.1. The number of hydrogen-bond donors (Lipinski definition) is 11. The fraction of sp³-hybridized carbons (Fsp3) is 0.907. The highest BCUT2D eigenvalue weighted by molar-refractivity contribution is 7.47. The van der Waals surface area contributed by atoms with Gasteiger partial charge in [-0.2, -0.15) is 0 Å². The number of rotatable bonds is 61. The molecule has 0 spiro atoms. The smallest absolute Gasteiger partial charge is 0.463 e. The standard InChI is InChI=1S/C75H137O24P/c1-4-7-10-13-16-19-22-25-28-30-33-36-39-42-45-48-51-61(79)94-56(53-91-59(77)49-46-43-40-37-35-32-29-26-23-20-17-14-11-8-5-2)54-93-100(89,90)99-73-71(97-74-69(87)64(82)62(80)57(52-76)95-74)67(85)66(84)68(86)72(73)98-75-70(88)65(83)63(81)58(96-75)55-92-60(78)50-47-44-41-38-34-31-27-24-21-18-15-12-9-6-3/h20,23,31,34,56-58,62-76,80-88H,4-19,21-22,24-30,32-33,35-55H2,1-3H3,(H,89,90)/b23-20-,34-31-. The van der Waals surface area contributed by atoms with E-state index < -0.39 is 156 Å². The van der Waals surface area contributed by atoms with Crippen LogP contribution >= 0.6 is 7.82 Å². The van der Waals surface area contributed by atoms with Gasteiger partial charge in [0.1, 0.15) is 98.7 Å². The summed E-state index contributed by atoms with van der Waals surface area (Å²) in [6, 6.07) is 0. The first kappa shape index (κ1) is 91.6. The third-order valence-corrected chi connectivity index (χ3v) is 20.2. The minimum Gasteiger partial charge on any atom is -0.463 e. The molecule has 0 aromatic rings. The van der Waals surface area contributed by atoms with Gasteiger partial charge in [-0.05, 0) is 70.6 Å². The summed E-state index contributed by atoms with van der Waals surface area (Å²) in [5.41, 5.74) is 0. The van der Waals surface area contributed by atoms with E-state index in [0.29, 0.717) is 19.3 Å². The molecule has 2 aliphatic heterocycles. The third kappa shape index (κ3) is 39.2. The summed E-state index contributed by atoms with van der Waals surface area (Å²) >= 11 is 0. The molecule has 0 radical (unpaired) electrons. The fourth-order valence-electron chi connectivity index (χ4n) is 12.8. The van der Waals surface area contributed by atoms with Gasteiger partial charge in [0.05, 0.1) is 13.2 Å². The van der Waals surface area contributed by atoms with Gasteiger partial charge >= 0.3 is 25.7 Å². The molecule has 1 saturated carbocycles. The first-order valence-electron chi connectivity index (χ1n) is 39.1. The first-order valence-corrected chi connectivity index (χ1v) is 40.6. The number of ether oxygens (including phenoxy) is 7. The van der Waals surface area contributed by atoms with Gasteiger partial charge in [-0.25, -0.2) is 4.57 Å². The van der Waals surface area contributed by atoms with Crippen molar-refractivity contribution in [1.29, 1.82) is 0 Å². The van der Waals surface area contributed by atoms with E-state index in [4.69, 9.17) is 42.2 Å². The predicted molar refractivity (Wildman–Crippen MR) is 379 cm³/mol. The molecule has 0 aromatic heterocycles. The predicted octanol–water partition coefficient (Wildman–Crippen LogP) is 11.3. The Balaban J connectivity index is 1.72. The molecule has 18 atom stereocenters. The second-order valence-corrected chi connectivity index (χ2v) is 29.5. The number of aliphatic hydroxyl groups is 10. The van der Waals surface area contributed by atoms with Crippen LogP contribution in [0.25, 0.3) is 0 Å². The summed E-state index contributed by atoms with van der Waals surface area (Å²) in [5, 5.41) is 110. The van der Waals surface area contributed by atoms with Crippen molar-refractivity contribution in [3.05, 3.63) is 24.3 Å². The van der Waals surface area contributed by atoms with Gasteiger partial charge in [0.15, 0.2) is 18.7 Å². The minimum absolute atomic E-state index is 0.00848. The van der Waals surface area contributed by atoms with Gasteiger partial charge in [-0.3, -0.25) is 23.4 Å². The topological polar surface area (TPSA) is 374 Å². The molecule has 100 heavy (non-hydrogen) atoms. The van der Waals surface area contributed by atoms with Crippen LogP contribution in [0.4, 0.5) is 0 Å². The van der Waals surface area contributed by atoms with Crippen molar-refractivity contribution in [1.82, 2.24) is 0 Å². The van der Waals surface area contributed by atoms with E-state index >= 15 is 0 Å². The fourth-order valence-corrected chi connectivity index (χ4v) is 13.8. The molecular weight excluding hydrogens is 1320 g/mol. The normalized spacial score (nSPS) is 27.4. The third-order valence-electron chi connectivity index (χ3n) is 19.2. The van der Waals surface area contributed by atoms with Crippen LogP contribution in [0.5, 0.6) is 0 Å². The molecule has 2 saturated heterocycles. The maximum atomic E-state index is 14.4.